The van der Waals surface area contributed by atoms with Gasteiger partial charge in [0.2, 0.25) is 0 Å². The molecule has 0 fully saturated rings. The Morgan fingerprint density at radius 3 is 2.90 bits per heavy atom. The van der Waals surface area contributed by atoms with Crippen molar-refractivity contribution in [1.82, 2.24) is 4.98 Å². The van der Waals surface area contributed by atoms with Gasteiger partial charge in [0.15, 0.2) is 5.43 Å². The third-order valence-corrected chi connectivity index (χ3v) is 2.00. The van der Waals surface area contributed by atoms with Crippen LogP contribution in [0, 0.1) is 0 Å². The number of nitrogens with one attached hydrogen (secondary N) is 1. The van der Waals surface area contributed by atoms with E-state index in [9.17, 15) is 4.79 Å². The van der Waals surface area contributed by atoms with E-state index in [1.807, 2.05) is 0 Å². The number of H-pyrrole nitrogens is 1. The molecule has 0 spiro atoms. The average molecular weight is 204 g/mol. The zero-order valence-electron chi connectivity index (χ0n) is 5.10. The van der Waals surface area contributed by atoms with Crippen molar-refractivity contribution in [2.45, 2.75) is 6.61 Å². The summed E-state index contributed by atoms with van der Waals surface area (Å²) in [5, 5.41) is 8.64. The quantitative estimate of drug-likeness (QED) is 0.704. The first kappa shape index (κ1) is 7.50. The molecular formula is C6H6BrNO2. The Morgan fingerprint density at radius 1 is 1.70 bits per heavy atom. The summed E-state index contributed by atoms with van der Waals surface area (Å²) >= 11 is 3.04. The molecule has 1 heterocycles. The molecular weight excluding hydrogens is 198 g/mol. The summed E-state index contributed by atoms with van der Waals surface area (Å²) < 4.78 is 0.400. The van der Waals surface area contributed by atoms with Crippen molar-refractivity contribution in [2.75, 3.05) is 0 Å². The van der Waals surface area contributed by atoms with E-state index in [2.05, 4.69) is 20.9 Å². The van der Waals surface area contributed by atoms with E-state index in [0.717, 1.165) is 0 Å². The van der Waals surface area contributed by atoms with E-state index in [1.54, 1.807) is 0 Å². The lowest BCUT2D eigenvalue weighted by molar-refractivity contribution is 0.276. The van der Waals surface area contributed by atoms with Crippen LogP contribution in [0.5, 0.6) is 0 Å². The number of aromatic nitrogens is 1. The topological polar surface area (TPSA) is 53.1 Å². The van der Waals surface area contributed by atoms with Gasteiger partial charge in [0, 0.05) is 12.3 Å². The fourth-order valence-corrected chi connectivity index (χ4v) is 0.990. The monoisotopic (exact) mass is 203 g/mol. The zero-order valence-corrected chi connectivity index (χ0v) is 6.68. The van der Waals surface area contributed by atoms with Crippen molar-refractivity contribution < 1.29 is 5.11 Å². The van der Waals surface area contributed by atoms with Crippen molar-refractivity contribution in [3.63, 3.8) is 0 Å². The Labute approximate surface area is 65.8 Å². The van der Waals surface area contributed by atoms with Gasteiger partial charge >= 0.3 is 0 Å². The van der Waals surface area contributed by atoms with Crippen LogP contribution in [0.25, 0.3) is 0 Å². The first-order valence-electron chi connectivity index (χ1n) is 2.72. The summed E-state index contributed by atoms with van der Waals surface area (Å²) in [5.74, 6) is 0. The van der Waals surface area contributed by atoms with E-state index in [1.165, 1.54) is 12.3 Å². The fourth-order valence-electron chi connectivity index (χ4n) is 0.618. The molecule has 0 aliphatic carbocycles. The molecule has 0 amide bonds. The van der Waals surface area contributed by atoms with Crippen molar-refractivity contribution in [2.24, 2.45) is 0 Å². The fraction of sp³-hybridized carbons (Fsp3) is 0.167. The smallest absolute Gasteiger partial charge is 0.196 e. The molecule has 2 N–H and O–H groups in total. The minimum Gasteiger partial charge on any atom is -0.390 e. The van der Waals surface area contributed by atoms with E-state index >= 15 is 0 Å². The van der Waals surface area contributed by atoms with Gasteiger partial charge in [-0.1, -0.05) is 0 Å². The maximum absolute atomic E-state index is 10.8. The minimum atomic E-state index is -0.156. The second-order valence-electron chi connectivity index (χ2n) is 1.79. The van der Waals surface area contributed by atoms with Crippen LogP contribution in [0.2, 0.25) is 0 Å². The molecule has 1 aromatic rings. The Kier molecular flexibility index (Phi) is 2.24. The highest BCUT2D eigenvalue weighted by Gasteiger charge is 1.99. The normalized spacial score (nSPS) is 9.80. The van der Waals surface area contributed by atoms with Gasteiger partial charge in [0.1, 0.15) is 0 Å². The van der Waals surface area contributed by atoms with Crippen LogP contribution in [-0.4, -0.2) is 10.1 Å². The minimum absolute atomic E-state index is 0.122. The highest BCUT2D eigenvalue weighted by Crippen LogP contribution is 2.06. The molecule has 0 aliphatic heterocycles. The van der Waals surface area contributed by atoms with Crippen molar-refractivity contribution in [3.05, 3.63) is 32.7 Å². The number of pyridine rings is 1. The Bertz CT molecular complexity index is 281. The van der Waals surface area contributed by atoms with Gasteiger partial charge < -0.3 is 10.1 Å². The molecule has 1 rings (SSSR count). The van der Waals surface area contributed by atoms with E-state index in [0.29, 0.717) is 10.2 Å². The number of hydrogen-bond donors (Lipinski definition) is 2. The highest BCUT2D eigenvalue weighted by atomic mass is 79.9. The van der Waals surface area contributed by atoms with Gasteiger partial charge in [-0.05, 0) is 15.9 Å². The molecule has 0 saturated carbocycles. The highest BCUT2D eigenvalue weighted by molar-refractivity contribution is 9.10. The average Bonchev–Trinajstić information content (AvgIpc) is 1.95. The SMILES string of the molecule is O=c1cc[nH]c(CO)c1Br. The molecule has 0 aromatic carbocycles. The molecule has 0 radical (unpaired) electrons. The standard InChI is InChI=1S/C6H6BrNO2/c7-6-4(3-9)8-2-1-5(6)10/h1-2,9H,3H2,(H,8,10). The number of aliphatic hydroxyl groups is 1. The molecule has 3 nitrogen and oxygen atoms in total. The van der Waals surface area contributed by atoms with Crippen LogP contribution >= 0.6 is 15.9 Å². The molecule has 0 saturated heterocycles. The number of aromatic amines is 1. The molecule has 0 unspecified atom stereocenters. The van der Waals surface area contributed by atoms with E-state index in [-0.39, 0.29) is 12.0 Å². The van der Waals surface area contributed by atoms with E-state index in [4.69, 9.17) is 5.11 Å². The molecule has 0 bridgehead atoms. The van der Waals surface area contributed by atoms with Gasteiger partial charge in [-0.2, -0.15) is 0 Å². The van der Waals surface area contributed by atoms with Gasteiger partial charge in [0.25, 0.3) is 0 Å². The van der Waals surface area contributed by atoms with Crippen LogP contribution in [-0.2, 0) is 6.61 Å². The van der Waals surface area contributed by atoms with Crippen LogP contribution in [0.3, 0.4) is 0 Å². The number of halogens is 1. The Hall–Kier alpha value is -0.610. The second-order valence-corrected chi connectivity index (χ2v) is 2.59. The lowest BCUT2D eigenvalue weighted by atomic mass is 10.4. The Morgan fingerprint density at radius 2 is 2.40 bits per heavy atom. The summed E-state index contributed by atoms with van der Waals surface area (Å²) in [6.07, 6.45) is 1.50. The van der Waals surface area contributed by atoms with Gasteiger partial charge in [-0.3, -0.25) is 4.79 Å². The lowest BCUT2D eigenvalue weighted by Crippen LogP contribution is -2.04. The number of aliphatic hydroxyl groups excluding tert-OH is 1. The number of rotatable bonds is 1. The van der Waals surface area contributed by atoms with Crippen molar-refractivity contribution >= 4 is 15.9 Å². The largest absolute Gasteiger partial charge is 0.390 e. The van der Waals surface area contributed by atoms with Crippen LogP contribution < -0.4 is 5.43 Å². The van der Waals surface area contributed by atoms with Crippen molar-refractivity contribution in [1.29, 1.82) is 0 Å². The molecule has 1 aromatic heterocycles. The summed E-state index contributed by atoms with van der Waals surface area (Å²) in [6, 6.07) is 1.39. The molecule has 4 heteroatoms. The van der Waals surface area contributed by atoms with Crippen LogP contribution in [0.1, 0.15) is 5.69 Å². The summed E-state index contributed by atoms with van der Waals surface area (Å²) in [5.41, 5.74) is 0.385. The predicted molar refractivity (Wildman–Crippen MR) is 40.7 cm³/mol. The van der Waals surface area contributed by atoms with Gasteiger partial charge in [-0.25, -0.2) is 0 Å². The second kappa shape index (κ2) is 2.98. The van der Waals surface area contributed by atoms with Crippen LogP contribution in [0.15, 0.2) is 21.5 Å². The zero-order chi connectivity index (χ0) is 7.56. The Balaban J connectivity index is 3.28. The number of hydrogen-bond acceptors (Lipinski definition) is 2. The van der Waals surface area contributed by atoms with Crippen LogP contribution in [0.4, 0.5) is 0 Å². The van der Waals surface area contributed by atoms with Gasteiger partial charge in [-0.15, -0.1) is 0 Å². The third-order valence-electron chi connectivity index (χ3n) is 1.13. The van der Waals surface area contributed by atoms with E-state index < -0.39 is 0 Å². The first-order valence-corrected chi connectivity index (χ1v) is 3.52. The molecule has 54 valence electrons. The van der Waals surface area contributed by atoms with Crippen molar-refractivity contribution in [3.8, 4) is 0 Å². The molecule has 0 atom stereocenters. The first-order chi connectivity index (χ1) is 4.75. The summed E-state index contributed by atoms with van der Waals surface area (Å²) in [7, 11) is 0. The predicted octanol–water partition coefficient (Wildman–Crippen LogP) is 0.630. The maximum atomic E-state index is 10.8. The van der Waals surface area contributed by atoms with Gasteiger partial charge in [0.05, 0.1) is 16.8 Å². The molecule has 0 aliphatic rings. The third kappa shape index (κ3) is 1.27. The maximum Gasteiger partial charge on any atom is 0.196 e. The summed E-state index contributed by atoms with van der Waals surface area (Å²) in [4.78, 5) is 13.6. The lowest BCUT2D eigenvalue weighted by Gasteiger charge is -1.96. The molecule has 10 heavy (non-hydrogen) atoms. The summed E-state index contributed by atoms with van der Waals surface area (Å²) in [6.45, 7) is -0.156.